The van der Waals surface area contributed by atoms with Crippen molar-refractivity contribution in [1.82, 2.24) is 4.98 Å². The number of carbonyl (C=O) groups excluding carboxylic acids is 1. The molecular weight excluding hydrogens is 284 g/mol. The minimum atomic E-state index is -0.608. The van der Waals surface area contributed by atoms with E-state index in [-0.39, 0.29) is 5.91 Å². The monoisotopic (exact) mass is 296 g/mol. The highest BCUT2D eigenvalue weighted by atomic mass is 35.5. The van der Waals surface area contributed by atoms with Crippen LogP contribution in [0.5, 0.6) is 5.75 Å². The first kappa shape index (κ1) is 13.8. The molecule has 0 saturated carbocycles. The third kappa shape index (κ3) is 3.68. The van der Waals surface area contributed by atoms with Crippen molar-refractivity contribution in [3.63, 3.8) is 0 Å². The van der Waals surface area contributed by atoms with E-state index < -0.39 is 6.10 Å². The van der Waals surface area contributed by atoms with Gasteiger partial charge in [0.1, 0.15) is 5.75 Å². The zero-order valence-electron chi connectivity index (χ0n) is 10.5. The smallest absolute Gasteiger partial charge is 0.266 e. The molecule has 2 rings (SSSR count). The maximum Gasteiger partial charge on any atom is 0.266 e. The third-order valence-corrected chi connectivity index (χ3v) is 3.40. The fourth-order valence-electron chi connectivity index (χ4n) is 1.48. The van der Waals surface area contributed by atoms with Crippen LogP contribution in [0.4, 0.5) is 5.13 Å². The van der Waals surface area contributed by atoms with Crippen LogP contribution < -0.4 is 10.1 Å². The maximum absolute atomic E-state index is 11.9. The van der Waals surface area contributed by atoms with E-state index in [4.69, 9.17) is 16.3 Å². The number of amides is 1. The summed E-state index contributed by atoms with van der Waals surface area (Å²) in [6.45, 7) is 3.57. The second kappa shape index (κ2) is 6.04. The predicted molar refractivity (Wildman–Crippen MR) is 77.0 cm³/mol. The van der Waals surface area contributed by atoms with E-state index in [1.54, 1.807) is 36.7 Å². The summed E-state index contributed by atoms with van der Waals surface area (Å²) in [5.41, 5.74) is 0.890. The van der Waals surface area contributed by atoms with Gasteiger partial charge in [0.25, 0.3) is 5.91 Å². The molecule has 4 nitrogen and oxygen atoms in total. The fraction of sp³-hybridized carbons (Fsp3) is 0.231. The number of thiazole rings is 1. The van der Waals surface area contributed by atoms with E-state index in [9.17, 15) is 4.79 Å². The van der Waals surface area contributed by atoms with Crippen LogP contribution in [-0.2, 0) is 4.79 Å². The number of nitrogens with zero attached hydrogens (tertiary/aromatic N) is 1. The molecule has 6 heteroatoms. The lowest BCUT2D eigenvalue weighted by atomic mass is 10.2. The Kier molecular flexibility index (Phi) is 4.39. The largest absolute Gasteiger partial charge is 0.481 e. The van der Waals surface area contributed by atoms with Gasteiger partial charge < -0.3 is 4.74 Å². The summed E-state index contributed by atoms with van der Waals surface area (Å²) in [5, 5.41) is 5.69. The molecule has 0 saturated heterocycles. The Labute approximate surface area is 120 Å². The molecule has 0 fully saturated rings. The van der Waals surface area contributed by atoms with E-state index in [1.807, 2.05) is 6.92 Å². The van der Waals surface area contributed by atoms with Crippen molar-refractivity contribution in [2.24, 2.45) is 0 Å². The number of hydrogen-bond acceptors (Lipinski definition) is 4. The molecule has 0 aliphatic heterocycles. The van der Waals surface area contributed by atoms with Gasteiger partial charge in [-0.25, -0.2) is 4.98 Å². The lowest BCUT2D eigenvalue weighted by molar-refractivity contribution is -0.122. The van der Waals surface area contributed by atoms with E-state index in [0.717, 1.165) is 5.56 Å². The molecule has 0 unspecified atom stereocenters. The highest BCUT2D eigenvalue weighted by Gasteiger charge is 2.16. The Morgan fingerprint density at radius 1 is 1.53 bits per heavy atom. The molecule has 0 aliphatic rings. The summed E-state index contributed by atoms with van der Waals surface area (Å²) in [7, 11) is 0. The number of aromatic nitrogens is 1. The van der Waals surface area contributed by atoms with Crippen molar-refractivity contribution in [2.75, 3.05) is 5.32 Å². The van der Waals surface area contributed by atoms with Crippen molar-refractivity contribution < 1.29 is 9.53 Å². The molecule has 2 aromatic rings. The van der Waals surface area contributed by atoms with E-state index in [0.29, 0.717) is 15.9 Å². The summed E-state index contributed by atoms with van der Waals surface area (Å²) in [6.07, 6.45) is 1.03. The van der Waals surface area contributed by atoms with Crippen LogP contribution in [0.25, 0.3) is 0 Å². The van der Waals surface area contributed by atoms with Crippen LogP contribution in [0.3, 0.4) is 0 Å². The van der Waals surface area contributed by atoms with Crippen molar-refractivity contribution in [2.45, 2.75) is 20.0 Å². The molecule has 19 heavy (non-hydrogen) atoms. The van der Waals surface area contributed by atoms with E-state index >= 15 is 0 Å². The lowest BCUT2D eigenvalue weighted by Gasteiger charge is -2.15. The molecule has 100 valence electrons. The summed E-state index contributed by atoms with van der Waals surface area (Å²) in [5.74, 6) is 0.412. The molecule has 1 atom stereocenters. The van der Waals surface area contributed by atoms with Crippen LogP contribution in [-0.4, -0.2) is 17.0 Å². The van der Waals surface area contributed by atoms with Crippen LogP contribution in [0, 0.1) is 6.92 Å². The molecule has 0 spiro atoms. The van der Waals surface area contributed by atoms with Crippen LogP contribution >= 0.6 is 22.9 Å². The first-order chi connectivity index (χ1) is 9.06. The average Bonchev–Trinajstić information content (AvgIpc) is 2.85. The number of rotatable bonds is 4. The van der Waals surface area contributed by atoms with Gasteiger partial charge >= 0.3 is 0 Å². The SMILES string of the molecule is Cc1cc(Cl)ccc1O[C@H](C)C(=O)Nc1nccs1. The Balaban J connectivity index is 2.00. The highest BCUT2D eigenvalue weighted by Crippen LogP contribution is 2.23. The van der Waals surface area contributed by atoms with Crippen LogP contribution in [0.1, 0.15) is 12.5 Å². The summed E-state index contributed by atoms with van der Waals surface area (Å²) in [6, 6.07) is 5.28. The molecule has 1 amide bonds. The van der Waals surface area contributed by atoms with Crippen LogP contribution in [0.2, 0.25) is 5.02 Å². The first-order valence-corrected chi connectivity index (χ1v) is 6.95. The van der Waals surface area contributed by atoms with Gasteiger partial charge in [0.15, 0.2) is 11.2 Å². The Morgan fingerprint density at radius 3 is 2.95 bits per heavy atom. The third-order valence-electron chi connectivity index (χ3n) is 2.47. The number of benzene rings is 1. The Hall–Kier alpha value is -1.59. The Bertz CT molecular complexity index is 572. The zero-order chi connectivity index (χ0) is 13.8. The first-order valence-electron chi connectivity index (χ1n) is 5.69. The second-order valence-corrected chi connectivity index (χ2v) is 5.33. The highest BCUT2D eigenvalue weighted by molar-refractivity contribution is 7.13. The molecular formula is C13H13ClN2O2S. The molecule has 1 N–H and O–H groups in total. The summed E-state index contributed by atoms with van der Waals surface area (Å²) >= 11 is 7.23. The minimum Gasteiger partial charge on any atom is -0.481 e. The summed E-state index contributed by atoms with van der Waals surface area (Å²) in [4.78, 5) is 15.9. The maximum atomic E-state index is 11.9. The van der Waals surface area contributed by atoms with Gasteiger partial charge in [-0.3, -0.25) is 10.1 Å². The number of anilines is 1. The number of aryl methyl sites for hydroxylation is 1. The van der Waals surface area contributed by atoms with Gasteiger partial charge in [-0.1, -0.05) is 11.6 Å². The molecule has 1 heterocycles. The topological polar surface area (TPSA) is 51.2 Å². The molecule has 1 aromatic heterocycles. The van der Waals surface area contributed by atoms with Gasteiger partial charge in [0.2, 0.25) is 0 Å². The standard InChI is InChI=1S/C13H13ClN2O2S/c1-8-7-10(14)3-4-11(8)18-9(2)12(17)16-13-15-5-6-19-13/h3-7,9H,1-2H3,(H,15,16,17)/t9-/m1/s1. The van der Waals surface area contributed by atoms with Crippen molar-refractivity contribution in [3.8, 4) is 5.75 Å². The minimum absolute atomic E-state index is 0.232. The lowest BCUT2D eigenvalue weighted by Crippen LogP contribution is -2.30. The molecule has 1 aromatic carbocycles. The number of nitrogens with one attached hydrogen (secondary N) is 1. The molecule has 0 radical (unpaired) electrons. The average molecular weight is 297 g/mol. The number of hydrogen-bond donors (Lipinski definition) is 1. The van der Waals surface area contributed by atoms with Crippen molar-refractivity contribution in [1.29, 1.82) is 0 Å². The van der Waals surface area contributed by atoms with Gasteiger partial charge in [-0.05, 0) is 37.6 Å². The Morgan fingerprint density at radius 2 is 2.32 bits per heavy atom. The van der Waals surface area contributed by atoms with Gasteiger partial charge in [-0.2, -0.15) is 0 Å². The van der Waals surface area contributed by atoms with E-state index in [2.05, 4.69) is 10.3 Å². The van der Waals surface area contributed by atoms with Gasteiger partial charge in [0, 0.05) is 16.6 Å². The quantitative estimate of drug-likeness (QED) is 0.939. The predicted octanol–water partition coefficient (Wildman–Crippen LogP) is 3.51. The normalized spacial score (nSPS) is 11.9. The number of carbonyl (C=O) groups is 1. The second-order valence-electron chi connectivity index (χ2n) is 4.00. The van der Waals surface area contributed by atoms with E-state index in [1.165, 1.54) is 11.3 Å². The molecule has 0 aliphatic carbocycles. The van der Waals surface area contributed by atoms with Crippen LogP contribution in [0.15, 0.2) is 29.8 Å². The fourth-order valence-corrected chi connectivity index (χ4v) is 2.24. The van der Waals surface area contributed by atoms with Crippen molar-refractivity contribution >= 4 is 34.0 Å². The van der Waals surface area contributed by atoms with Crippen molar-refractivity contribution in [3.05, 3.63) is 40.4 Å². The number of ether oxygens (including phenoxy) is 1. The zero-order valence-corrected chi connectivity index (χ0v) is 12.1. The summed E-state index contributed by atoms with van der Waals surface area (Å²) < 4.78 is 5.62. The molecule has 0 bridgehead atoms. The van der Waals surface area contributed by atoms with Gasteiger partial charge in [-0.15, -0.1) is 11.3 Å². The number of halogens is 1. The van der Waals surface area contributed by atoms with Gasteiger partial charge in [0.05, 0.1) is 0 Å².